The Morgan fingerprint density at radius 3 is 2.12 bits per heavy atom. The molecule has 2 aromatic rings. The Kier molecular flexibility index (Phi) is 2.60. The molecule has 80 valence electrons. The van der Waals surface area contributed by atoms with E-state index in [0.29, 0.717) is 6.29 Å². The summed E-state index contributed by atoms with van der Waals surface area (Å²) >= 11 is 0. The molecule has 0 aromatic heterocycles. The lowest BCUT2D eigenvalue weighted by atomic mass is 10.0. The summed E-state index contributed by atoms with van der Waals surface area (Å²) in [5.74, 6) is 0.163. The third-order valence-electron chi connectivity index (χ3n) is 2.36. The zero-order valence-corrected chi connectivity index (χ0v) is 8.42. The van der Waals surface area contributed by atoms with Gasteiger partial charge in [0.25, 0.3) is 0 Å². The van der Waals surface area contributed by atoms with Crippen LogP contribution in [-0.2, 0) is 0 Å². The van der Waals surface area contributed by atoms with Gasteiger partial charge in [-0.1, -0.05) is 18.2 Å². The Labute approximate surface area is 92.6 Å². The minimum Gasteiger partial charge on any atom is -0.508 e. The van der Waals surface area contributed by atoms with E-state index in [0.717, 1.165) is 11.1 Å². The van der Waals surface area contributed by atoms with Crippen LogP contribution < -0.4 is 0 Å². The van der Waals surface area contributed by atoms with Crippen molar-refractivity contribution in [2.75, 3.05) is 0 Å². The molecule has 0 saturated heterocycles. The maximum absolute atomic E-state index is 10.7. The Morgan fingerprint density at radius 2 is 1.50 bits per heavy atom. The molecule has 0 heterocycles. The topological polar surface area (TPSA) is 57.5 Å². The van der Waals surface area contributed by atoms with Gasteiger partial charge in [0.1, 0.15) is 11.5 Å². The summed E-state index contributed by atoms with van der Waals surface area (Å²) in [7, 11) is 0. The monoisotopic (exact) mass is 214 g/mol. The van der Waals surface area contributed by atoms with Gasteiger partial charge in [-0.3, -0.25) is 4.79 Å². The number of phenolic OH excluding ortho intramolecular Hbond substituents is 2. The van der Waals surface area contributed by atoms with E-state index in [-0.39, 0.29) is 17.1 Å². The second kappa shape index (κ2) is 4.06. The van der Waals surface area contributed by atoms with Crippen molar-refractivity contribution < 1.29 is 15.0 Å². The summed E-state index contributed by atoms with van der Waals surface area (Å²) in [6.07, 6.45) is 0.610. The van der Waals surface area contributed by atoms with E-state index in [9.17, 15) is 9.90 Å². The summed E-state index contributed by atoms with van der Waals surface area (Å²) in [5.41, 5.74) is 1.95. The predicted octanol–water partition coefficient (Wildman–Crippen LogP) is 2.58. The lowest BCUT2D eigenvalue weighted by Gasteiger charge is -2.04. The lowest BCUT2D eigenvalue weighted by molar-refractivity contribution is 0.112. The van der Waals surface area contributed by atoms with Gasteiger partial charge in [0.2, 0.25) is 0 Å². The molecule has 0 fully saturated rings. The van der Waals surface area contributed by atoms with Crippen LogP contribution in [0.2, 0.25) is 0 Å². The molecule has 3 heteroatoms. The van der Waals surface area contributed by atoms with E-state index >= 15 is 0 Å². The van der Waals surface area contributed by atoms with Crippen LogP contribution in [0.3, 0.4) is 0 Å². The molecular formula is C13H10O3. The van der Waals surface area contributed by atoms with Gasteiger partial charge in [-0.25, -0.2) is 0 Å². The molecule has 0 aliphatic carbocycles. The van der Waals surface area contributed by atoms with Crippen LogP contribution in [0.4, 0.5) is 0 Å². The molecule has 0 bridgehead atoms. The first kappa shape index (κ1) is 10.2. The largest absolute Gasteiger partial charge is 0.508 e. The van der Waals surface area contributed by atoms with Crippen LogP contribution >= 0.6 is 0 Å². The van der Waals surface area contributed by atoms with Crippen molar-refractivity contribution in [3.63, 3.8) is 0 Å². The van der Waals surface area contributed by atoms with Crippen LogP contribution in [0, 0.1) is 0 Å². The first-order valence-electron chi connectivity index (χ1n) is 4.78. The summed E-state index contributed by atoms with van der Waals surface area (Å²) in [6.45, 7) is 0. The molecule has 2 aromatic carbocycles. The number of carbonyl (C=O) groups is 1. The van der Waals surface area contributed by atoms with Gasteiger partial charge in [0.15, 0.2) is 6.29 Å². The van der Waals surface area contributed by atoms with Crippen molar-refractivity contribution in [2.45, 2.75) is 0 Å². The number of carbonyl (C=O) groups excluding carboxylic acids is 1. The molecule has 0 aliphatic rings. The van der Waals surface area contributed by atoms with E-state index in [1.165, 1.54) is 6.07 Å². The Morgan fingerprint density at radius 1 is 0.875 bits per heavy atom. The number of aldehydes is 1. The predicted molar refractivity (Wildman–Crippen MR) is 60.6 cm³/mol. The van der Waals surface area contributed by atoms with Crippen molar-refractivity contribution >= 4 is 6.29 Å². The van der Waals surface area contributed by atoms with Crippen LogP contribution in [0.5, 0.6) is 11.5 Å². The Balaban J connectivity index is 2.48. The van der Waals surface area contributed by atoms with Crippen LogP contribution in [0.25, 0.3) is 11.1 Å². The molecule has 0 spiro atoms. The maximum atomic E-state index is 10.7. The van der Waals surface area contributed by atoms with Crippen LogP contribution in [-0.4, -0.2) is 16.5 Å². The molecule has 0 saturated carbocycles. The van der Waals surface area contributed by atoms with E-state index in [1.54, 1.807) is 36.4 Å². The fourth-order valence-electron chi connectivity index (χ4n) is 1.48. The molecule has 0 unspecified atom stereocenters. The molecule has 16 heavy (non-hydrogen) atoms. The highest BCUT2D eigenvalue weighted by atomic mass is 16.3. The lowest BCUT2D eigenvalue weighted by Crippen LogP contribution is -1.84. The SMILES string of the molecule is O=Cc1cc(-c2ccc(O)cc2)ccc1O. The van der Waals surface area contributed by atoms with Gasteiger partial charge in [0, 0.05) is 0 Å². The summed E-state index contributed by atoms with van der Waals surface area (Å²) < 4.78 is 0. The van der Waals surface area contributed by atoms with Crippen LogP contribution in [0.1, 0.15) is 10.4 Å². The highest BCUT2D eigenvalue weighted by molar-refractivity contribution is 5.82. The van der Waals surface area contributed by atoms with Gasteiger partial charge in [-0.2, -0.15) is 0 Å². The number of rotatable bonds is 2. The first-order valence-corrected chi connectivity index (χ1v) is 4.78. The van der Waals surface area contributed by atoms with Crippen molar-refractivity contribution in [3.05, 3.63) is 48.0 Å². The zero-order valence-electron chi connectivity index (χ0n) is 8.42. The average molecular weight is 214 g/mol. The van der Waals surface area contributed by atoms with Crippen molar-refractivity contribution in [1.29, 1.82) is 0 Å². The van der Waals surface area contributed by atoms with Gasteiger partial charge >= 0.3 is 0 Å². The Hall–Kier alpha value is -2.29. The number of aromatic hydroxyl groups is 2. The normalized spacial score (nSPS) is 10.0. The quantitative estimate of drug-likeness (QED) is 0.755. The average Bonchev–Trinajstić information content (AvgIpc) is 2.31. The highest BCUT2D eigenvalue weighted by Crippen LogP contribution is 2.26. The molecule has 0 amide bonds. The molecule has 2 N–H and O–H groups in total. The van der Waals surface area contributed by atoms with Gasteiger partial charge in [0.05, 0.1) is 5.56 Å². The third kappa shape index (κ3) is 1.88. The molecule has 0 atom stereocenters. The van der Waals surface area contributed by atoms with E-state index < -0.39 is 0 Å². The smallest absolute Gasteiger partial charge is 0.153 e. The number of hydrogen-bond donors (Lipinski definition) is 2. The molecular weight excluding hydrogens is 204 g/mol. The number of hydrogen-bond acceptors (Lipinski definition) is 3. The minimum absolute atomic E-state index is 0.0301. The third-order valence-corrected chi connectivity index (χ3v) is 2.36. The first-order chi connectivity index (χ1) is 7.70. The van der Waals surface area contributed by atoms with E-state index in [1.807, 2.05) is 0 Å². The van der Waals surface area contributed by atoms with Gasteiger partial charge < -0.3 is 10.2 Å². The van der Waals surface area contributed by atoms with Crippen LogP contribution in [0.15, 0.2) is 42.5 Å². The fourth-order valence-corrected chi connectivity index (χ4v) is 1.48. The molecule has 0 radical (unpaired) electrons. The van der Waals surface area contributed by atoms with Crippen molar-refractivity contribution in [2.24, 2.45) is 0 Å². The van der Waals surface area contributed by atoms with Crippen molar-refractivity contribution in [1.82, 2.24) is 0 Å². The van der Waals surface area contributed by atoms with Gasteiger partial charge in [-0.05, 0) is 35.4 Å². The summed E-state index contributed by atoms with van der Waals surface area (Å²) in [6, 6.07) is 11.4. The second-order valence-electron chi connectivity index (χ2n) is 3.44. The standard InChI is InChI=1S/C13H10O3/c14-8-11-7-10(3-6-13(11)16)9-1-4-12(15)5-2-9/h1-8,15-16H. The summed E-state index contributed by atoms with van der Waals surface area (Å²) in [5, 5.41) is 18.5. The van der Waals surface area contributed by atoms with Gasteiger partial charge in [-0.15, -0.1) is 0 Å². The number of benzene rings is 2. The number of phenols is 2. The molecule has 0 aliphatic heterocycles. The Bertz CT molecular complexity index is 515. The summed E-state index contributed by atoms with van der Waals surface area (Å²) in [4.78, 5) is 10.7. The minimum atomic E-state index is -0.0301. The molecule has 2 rings (SSSR count). The van der Waals surface area contributed by atoms with E-state index in [4.69, 9.17) is 5.11 Å². The highest BCUT2D eigenvalue weighted by Gasteiger charge is 2.03. The maximum Gasteiger partial charge on any atom is 0.153 e. The van der Waals surface area contributed by atoms with E-state index in [2.05, 4.69) is 0 Å². The fraction of sp³-hybridized carbons (Fsp3) is 0. The zero-order chi connectivity index (χ0) is 11.5. The second-order valence-corrected chi connectivity index (χ2v) is 3.44. The van der Waals surface area contributed by atoms with Crippen molar-refractivity contribution in [3.8, 4) is 22.6 Å². The molecule has 3 nitrogen and oxygen atoms in total.